The van der Waals surface area contributed by atoms with Gasteiger partial charge in [-0.25, -0.2) is 0 Å². The van der Waals surface area contributed by atoms with Gasteiger partial charge in [-0.2, -0.15) is 5.26 Å². The first-order valence-electron chi connectivity index (χ1n) is 7.71. The summed E-state index contributed by atoms with van der Waals surface area (Å²) < 4.78 is 5.34. The molecule has 0 spiro atoms. The normalized spacial score (nSPS) is 10.9. The molecule has 0 aliphatic carbocycles. The minimum absolute atomic E-state index is 0.0407. The van der Waals surface area contributed by atoms with Gasteiger partial charge in [0.2, 0.25) is 0 Å². The van der Waals surface area contributed by atoms with Gasteiger partial charge in [0.05, 0.1) is 7.11 Å². The van der Waals surface area contributed by atoms with Crippen LogP contribution in [0.4, 0.5) is 5.69 Å². The number of anilines is 1. The minimum atomic E-state index is -0.428. The van der Waals surface area contributed by atoms with E-state index in [1.165, 1.54) is 0 Å². The molecule has 0 saturated carbocycles. The average Bonchev–Trinajstić information content (AvgIpc) is 2.61. The number of hydrogen-bond acceptors (Lipinski definition) is 4. The van der Waals surface area contributed by atoms with Crippen LogP contribution in [0.25, 0.3) is 6.08 Å². The first-order valence-corrected chi connectivity index (χ1v) is 8.93. The summed E-state index contributed by atoms with van der Waals surface area (Å²) in [5.41, 5.74) is 3.55. The molecule has 0 aromatic heterocycles. The molecule has 0 bridgehead atoms. The van der Waals surface area contributed by atoms with E-state index >= 15 is 0 Å². The lowest BCUT2D eigenvalue weighted by molar-refractivity contribution is -0.112. The fraction of sp³-hybridized carbons (Fsp3) is 0.200. The number of carbonyl (C=O) groups is 1. The van der Waals surface area contributed by atoms with Gasteiger partial charge >= 0.3 is 0 Å². The minimum Gasteiger partial charge on any atom is -0.496 e. The Bertz CT molecular complexity index is 866. The summed E-state index contributed by atoms with van der Waals surface area (Å²) in [6, 6.07) is 13.3. The van der Waals surface area contributed by atoms with Crippen molar-refractivity contribution in [1.29, 1.82) is 5.26 Å². The van der Waals surface area contributed by atoms with E-state index in [4.69, 9.17) is 4.74 Å². The molecule has 0 heterocycles. The molecular weight excluding hydrogens is 332 g/mol. The van der Waals surface area contributed by atoms with Crippen LogP contribution in [0.2, 0.25) is 0 Å². The van der Waals surface area contributed by atoms with Gasteiger partial charge < -0.3 is 10.1 Å². The Hall–Kier alpha value is -2.71. The molecule has 5 heteroatoms. The first kappa shape index (κ1) is 18.6. The zero-order valence-electron chi connectivity index (χ0n) is 14.7. The topological polar surface area (TPSA) is 62.1 Å². The van der Waals surface area contributed by atoms with E-state index in [1.807, 2.05) is 62.6 Å². The van der Waals surface area contributed by atoms with Crippen LogP contribution in [0.1, 0.15) is 16.7 Å². The number of amides is 1. The van der Waals surface area contributed by atoms with Crippen molar-refractivity contribution in [3.05, 3.63) is 58.7 Å². The van der Waals surface area contributed by atoms with Crippen molar-refractivity contribution in [3.63, 3.8) is 0 Å². The Morgan fingerprint density at radius 3 is 2.60 bits per heavy atom. The lowest BCUT2D eigenvalue weighted by Crippen LogP contribution is -2.14. The number of hydrogen-bond donors (Lipinski definition) is 1. The molecule has 1 N–H and O–H groups in total. The van der Waals surface area contributed by atoms with Crippen LogP contribution in [0.15, 0.2) is 46.9 Å². The maximum Gasteiger partial charge on any atom is 0.266 e. The van der Waals surface area contributed by atoms with Gasteiger partial charge in [0, 0.05) is 10.6 Å². The molecule has 0 unspecified atom stereocenters. The largest absolute Gasteiger partial charge is 0.496 e. The number of thioether (sulfide) groups is 1. The van der Waals surface area contributed by atoms with Crippen LogP contribution in [-0.2, 0) is 4.79 Å². The Kier molecular flexibility index (Phi) is 6.26. The number of nitrogens with zero attached hydrogens (tertiary/aromatic N) is 1. The fourth-order valence-corrected chi connectivity index (χ4v) is 2.95. The third-order valence-electron chi connectivity index (χ3n) is 3.71. The molecule has 0 fully saturated rings. The molecule has 0 atom stereocenters. The molecule has 0 saturated heterocycles. The highest BCUT2D eigenvalue weighted by Gasteiger charge is 2.12. The molecule has 4 nitrogen and oxygen atoms in total. The molecule has 1 amide bonds. The van der Waals surface area contributed by atoms with Crippen LogP contribution in [0.5, 0.6) is 5.75 Å². The quantitative estimate of drug-likeness (QED) is 0.486. The summed E-state index contributed by atoms with van der Waals surface area (Å²) in [5.74, 6) is 0.288. The fourth-order valence-electron chi connectivity index (χ4n) is 2.40. The molecule has 0 aliphatic rings. The molecule has 2 aromatic carbocycles. The number of aryl methyl sites for hydroxylation is 2. The Morgan fingerprint density at radius 2 is 2.00 bits per heavy atom. The number of ether oxygens (including phenoxy) is 1. The maximum atomic E-state index is 12.4. The van der Waals surface area contributed by atoms with Crippen molar-refractivity contribution in [2.24, 2.45) is 0 Å². The molecule has 2 aromatic rings. The monoisotopic (exact) mass is 352 g/mol. The summed E-state index contributed by atoms with van der Waals surface area (Å²) in [4.78, 5) is 13.4. The van der Waals surface area contributed by atoms with Crippen molar-refractivity contribution in [1.82, 2.24) is 0 Å². The highest BCUT2D eigenvalue weighted by atomic mass is 32.2. The van der Waals surface area contributed by atoms with Crippen molar-refractivity contribution in [2.75, 3.05) is 18.7 Å². The Balaban J connectivity index is 2.28. The predicted octanol–water partition coefficient (Wildman–Crippen LogP) is 4.58. The summed E-state index contributed by atoms with van der Waals surface area (Å²) in [6.07, 6.45) is 3.52. The van der Waals surface area contributed by atoms with E-state index in [1.54, 1.807) is 24.9 Å². The van der Waals surface area contributed by atoms with E-state index in [0.717, 1.165) is 21.6 Å². The van der Waals surface area contributed by atoms with Gasteiger partial charge in [-0.15, -0.1) is 11.8 Å². The lowest BCUT2D eigenvalue weighted by Gasteiger charge is -2.09. The highest BCUT2D eigenvalue weighted by Crippen LogP contribution is 2.29. The second-order valence-corrected chi connectivity index (χ2v) is 6.40. The van der Waals surface area contributed by atoms with Gasteiger partial charge in [-0.1, -0.05) is 23.8 Å². The molecular formula is C20H20N2O2S. The first-order chi connectivity index (χ1) is 12.0. The van der Waals surface area contributed by atoms with Gasteiger partial charge in [-0.05, 0) is 55.5 Å². The third-order valence-corrected chi connectivity index (χ3v) is 4.49. The molecule has 25 heavy (non-hydrogen) atoms. The number of benzene rings is 2. The van der Waals surface area contributed by atoms with Gasteiger partial charge in [0.1, 0.15) is 17.4 Å². The number of methoxy groups -OCH3 is 1. The van der Waals surface area contributed by atoms with Gasteiger partial charge in [-0.3, -0.25) is 4.79 Å². The van der Waals surface area contributed by atoms with Gasteiger partial charge in [0.25, 0.3) is 5.91 Å². The standard InChI is InChI=1S/C20H20N2O2S/c1-13-5-7-17(14(2)9-13)22-20(23)16(12-21)10-15-6-8-19(25-4)18(11-15)24-3/h5-11H,1-4H3,(H,22,23)/b16-10-. The highest BCUT2D eigenvalue weighted by molar-refractivity contribution is 7.98. The number of carbonyl (C=O) groups excluding carboxylic acids is 1. The SMILES string of the molecule is COc1cc(/C=C(/C#N)C(=O)Nc2ccc(C)cc2C)ccc1SC. The average molecular weight is 352 g/mol. The Labute approximate surface area is 152 Å². The molecule has 0 aliphatic heterocycles. The number of rotatable bonds is 5. The zero-order valence-corrected chi connectivity index (χ0v) is 15.5. The molecule has 0 radical (unpaired) electrons. The van der Waals surface area contributed by atoms with Gasteiger partial charge in [0.15, 0.2) is 0 Å². The van der Waals surface area contributed by atoms with Crippen molar-refractivity contribution >= 4 is 29.4 Å². The van der Waals surface area contributed by atoms with E-state index in [9.17, 15) is 10.1 Å². The van der Waals surface area contributed by atoms with E-state index in [0.29, 0.717) is 11.4 Å². The van der Waals surface area contributed by atoms with Crippen LogP contribution < -0.4 is 10.1 Å². The maximum absolute atomic E-state index is 12.4. The molecule has 2 rings (SSSR count). The summed E-state index contributed by atoms with van der Waals surface area (Å²) in [7, 11) is 1.60. The number of nitriles is 1. The smallest absolute Gasteiger partial charge is 0.266 e. The predicted molar refractivity (Wildman–Crippen MR) is 103 cm³/mol. The summed E-state index contributed by atoms with van der Waals surface area (Å²) in [6.45, 7) is 3.91. The van der Waals surface area contributed by atoms with Crippen LogP contribution >= 0.6 is 11.8 Å². The van der Waals surface area contributed by atoms with E-state index < -0.39 is 5.91 Å². The summed E-state index contributed by atoms with van der Waals surface area (Å²) in [5, 5.41) is 12.2. The lowest BCUT2D eigenvalue weighted by atomic mass is 10.1. The van der Waals surface area contributed by atoms with Crippen molar-refractivity contribution in [2.45, 2.75) is 18.7 Å². The summed E-state index contributed by atoms with van der Waals surface area (Å²) >= 11 is 1.57. The van der Waals surface area contributed by atoms with Crippen LogP contribution in [0, 0.1) is 25.2 Å². The Morgan fingerprint density at radius 1 is 1.24 bits per heavy atom. The van der Waals surface area contributed by atoms with E-state index in [-0.39, 0.29) is 5.57 Å². The second-order valence-electron chi connectivity index (χ2n) is 5.56. The van der Waals surface area contributed by atoms with Crippen LogP contribution in [0.3, 0.4) is 0 Å². The van der Waals surface area contributed by atoms with E-state index in [2.05, 4.69) is 5.32 Å². The second kappa shape index (κ2) is 8.41. The van der Waals surface area contributed by atoms with Crippen molar-refractivity contribution in [3.8, 4) is 11.8 Å². The zero-order chi connectivity index (χ0) is 18.4. The number of nitrogens with one attached hydrogen (secondary N) is 1. The van der Waals surface area contributed by atoms with Crippen LogP contribution in [-0.4, -0.2) is 19.3 Å². The van der Waals surface area contributed by atoms with Crippen molar-refractivity contribution < 1.29 is 9.53 Å². The molecule has 128 valence electrons. The third kappa shape index (κ3) is 4.65.